The smallest absolute Gasteiger partial charge is 0.228 e. The van der Waals surface area contributed by atoms with Gasteiger partial charge in [0.25, 0.3) is 0 Å². The lowest BCUT2D eigenvalue weighted by Crippen LogP contribution is -2.29. The first-order valence-corrected chi connectivity index (χ1v) is 9.41. The van der Waals surface area contributed by atoms with Crippen LogP contribution in [0.15, 0.2) is 48.8 Å². The average Bonchev–Trinajstić information content (AvgIpc) is 2.72. The summed E-state index contributed by atoms with van der Waals surface area (Å²) in [5, 5.41) is 18.7. The Morgan fingerprint density at radius 3 is 2.71 bits per heavy atom. The van der Waals surface area contributed by atoms with Crippen molar-refractivity contribution >= 4 is 0 Å². The molecule has 0 unspecified atom stereocenters. The molecular formula is C22H23N3O3. The van der Waals surface area contributed by atoms with Crippen molar-refractivity contribution in [3.8, 4) is 23.1 Å². The zero-order chi connectivity index (χ0) is 19.7. The fourth-order valence-corrected chi connectivity index (χ4v) is 3.60. The average molecular weight is 377 g/mol. The van der Waals surface area contributed by atoms with Gasteiger partial charge in [0.2, 0.25) is 5.88 Å². The van der Waals surface area contributed by atoms with E-state index in [1.807, 2.05) is 34.9 Å². The number of methoxy groups -OCH3 is 1. The van der Waals surface area contributed by atoms with Crippen LogP contribution in [-0.4, -0.2) is 21.8 Å². The number of fused-ring (bicyclic) bond motifs is 2. The van der Waals surface area contributed by atoms with Crippen molar-refractivity contribution in [1.82, 2.24) is 9.55 Å². The van der Waals surface area contributed by atoms with E-state index in [2.05, 4.69) is 11.9 Å². The number of nitrogens with one attached hydrogen (secondary N) is 1. The standard InChI is InChI=1S/C22H23N3O3/c1-3-4-11-25-13-24-22-20(21(25)23)19(14-5-8-16(27-2)9-6-14)17-10-7-15(26)12-18(17)28-22/h5-10,12-13,19,23,26H,3-4,11H2,1-2H3/t19-/m0/s1. The van der Waals surface area contributed by atoms with Crippen molar-refractivity contribution in [3.63, 3.8) is 0 Å². The second kappa shape index (κ2) is 7.38. The fourth-order valence-electron chi connectivity index (χ4n) is 3.60. The van der Waals surface area contributed by atoms with E-state index >= 15 is 0 Å². The Kier molecular flexibility index (Phi) is 4.77. The van der Waals surface area contributed by atoms with Crippen LogP contribution in [-0.2, 0) is 6.54 Å². The zero-order valence-electron chi connectivity index (χ0n) is 16.0. The second-order valence-corrected chi connectivity index (χ2v) is 6.89. The van der Waals surface area contributed by atoms with E-state index in [0.717, 1.165) is 41.8 Å². The van der Waals surface area contributed by atoms with Crippen molar-refractivity contribution in [3.05, 3.63) is 71.0 Å². The Bertz CT molecular complexity index is 1060. The molecule has 4 rings (SSSR count). The maximum absolute atomic E-state index is 9.90. The molecule has 28 heavy (non-hydrogen) atoms. The summed E-state index contributed by atoms with van der Waals surface area (Å²) in [6, 6.07) is 12.9. The van der Waals surface area contributed by atoms with Crippen molar-refractivity contribution in [1.29, 1.82) is 5.41 Å². The quantitative estimate of drug-likeness (QED) is 0.547. The van der Waals surface area contributed by atoms with Gasteiger partial charge in [-0.3, -0.25) is 5.41 Å². The molecule has 6 nitrogen and oxygen atoms in total. The summed E-state index contributed by atoms with van der Waals surface area (Å²) in [7, 11) is 1.64. The molecule has 3 aromatic rings. The summed E-state index contributed by atoms with van der Waals surface area (Å²) >= 11 is 0. The monoisotopic (exact) mass is 377 g/mol. The lowest BCUT2D eigenvalue weighted by molar-refractivity contribution is 0.411. The SMILES string of the molecule is CCCCn1cnc2c(c1=N)[C@@H](c1ccc(OC)cc1)c1ccc(O)cc1O2. The van der Waals surface area contributed by atoms with Gasteiger partial charge in [-0.2, -0.15) is 0 Å². The molecule has 0 amide bonds. The van der Waals surface area contributed by atoms with Crippen LogP contribution in [0.4, 0.5) is 0 Å². The Hall–Kier alpha value is -3.28. The zero-order valence-corrected chi connectivity index (χ0v) is 16.0. The molecule has 0 radical (unpaired) electrons. The van der Waals surface area contributed by atoms with E-state index in [1.54, 1.807) is 25.6 Å². The molecule has 1 aliphatic heterocycles. The molecule has 0 spiro atoms. The van der Waals surface area contributed by atoms with Crippen LogP contribution >= 0.6 is 0 Å². The third-order valence-corrected chi connectivity index (χ3v) is 5.09. The lowest BCUT2D eigenvalue weighted by atomic mass is 9.84. The number of ether oxygens (including phenoxy) is 2. The first-order chi connectivity index (χ1) is 13.6. The lowest BCUT2D eigenvalue weighted by Gasteiger charge is -2.28. The Labute approximate surface area is 163 Å². The van der Waals surface area contributed by atoms with E-state index in [4.69, 9.17) is 14.9 Å². The summed E-state index contributed by atoms with van der Waals surface area (Å²) in [5.41, 5.74) is 3.06. The van der Waals surface area contributed by atoms with Gasteiger partial charge in [-0.25, -0.2) is 4.98 Å². The van der Waals surface area contributed by atoms with Crippen molar-refractivity contribution in [2.45, 2.75) is 32.2 Å². The van der Waals surface area contributed by atoms with Crippen LogP contribution in [0.2, 0.25) is 0 Å². The summed E-state index contributed by atoms with van der Waals surface area (Å²) in [6.45, 7) is 2.87. The minimum absolute atomic E-state index is 0.135. The maximum atomic E-state index is 9.90. The van der Waals surface area contributed by atoms with Crippen LogP contribution < -0.4 is 15.0 Å². The van der Waals surface area contributed by atoms with E-state index in [0.29, 0.717) is 17.1 Å². The van der Waals surface area contributed by atoms with Crippen molar-refractivity contribution < 1.29 is 14.6 Å². The third-order valence-electron chi connectivity index (χ3n) is 5.09. The molecule has 1 aliphatic rings. The molecule has 2 heterocycles. The number of nitrogens with zero attached hydrogens (tertiary/aromatic N) is 2. The van der Waals surface area contributed by atoms with Gasteiger partial charge in [0, 0.05) is 24.1 Å². The molecule has 2 N–H and O–H groups in total. The summed E-state index contributed by atoms with van der Waals surface area (Å²) in [6.07, 6.45) is 3.69. The number of rotatable bonds is 5. The number of aromatic hydroxyl groups is 1. The summed E-state index contributed by atoms with van der Waals surface area (Å²) in [5.74, 6) is 1.68. The molecule has 1 atom stereocenters. The number of unbranched alkanes of at least 4 members (excludes halogenated alkanes) is 1. The van der Waals surface area contributed by atoms with Crippen LogP contribution in [0.5, 0.6) is 23.1 Å². The molecule has 6 heteroatoms. The number of aryl methyl sites for hydroxylation is 1. The molecule has 0 fully saturated rings. The van der Waals surface area contributed by atoms with Gasteiger partial charge in [0.15, 0.2) is 0 Å². The van der Waals surface area contributed by atoms with Crippen LogP contribution in [0.1, 0.15) is 42.4 Å². The first-order valence-electron chi connectivity index (χ1n) is 9.41. The molecule has 0 saturated carbocycles. The van der Waals surface area contributed by atoms with Crippen molar-refractivity contribution in [2.24, 2.45) is 0 Å². The van der Waals surface area contributed by atoms with Crippen LogP contribution in [0.3, 0.4) is 0 Å². The van der Waals surface area contributed by atoms with Gasteiger partial charge in [-0.05, 0) is 30.2 Å². The van der Waals surface area contributed by atoms with Crippen LogP contribution in [0.25, 0.3) is 0 Å². The molecular weight excluding hydrogens is 354 g/mol. The number of hydrogen-bond donors (Lipinski definition) is 2. The van der Waals surface area contributed by atoms with Gasteiger partial charge in [0.05, 0.1) is 12.7 Å². The first kappa shape index (κ1) is 18.1. The maximum Gasteiger partial charge on any atom is 0.228 e. The van der Waals surface area contributed by atoms with E-state index in [9.17, 15) is 5.11 Å². The molecule has 1 aromatic heterocycles. The van der Waals surface area contributed by atoms with Crippen molar-refractivity contribution in [2.75, 3.05) is 7.11 Å². The number of phenols is 1. The second-order valence-electron chi connectivity index (χ2n) is 6.89. The molecule has 0 bridgehead atoms. The molecule has 2 aromatic carbocycles. The van der Waals surface area contributed by atoms with Gasteiger partial charge < -0.3 is 19.1 Å². The largest absolute Gasteiger partial charge is 0.508 e. The topological polar surface area (TPSA) is 80.4 Å². The van der Waals surface area contributed by atoms with E-state index in [-0.39, 0.29) is 11.7 Å². The highest BCUT2D eigenvalue weighted by atomic mass is 16.5. The predicted molar refractivity (Wildman–Crippen MR) is 105 cm³/mol. The van der Waals surface area contributed by atoms with Gasteiger partial charge in [-0.15, -0.1) is 0 Å². The third kappa shape index (κ3) is 3.11. The van der Waals surface area contributed by atoms with E-state index in [1.165, 1.54) is 0 Å². The number of hydrogen-bond acceptors (Lipinski definition) is 5. The molecule has 0 saturated heterocycles. The number of benzene rings is 2. The Balaban J connectivity index is 1.91. The summed E-state index contributed by atoms with van der Waals surface area (Å²) < 4.78 is 13.1. The van der Waals surface area contributed by atoms with E-state index < -0.39 is 0 Å². The normalized spacial score (nSPS) is 14.7. The van der Waals surface area contributed by atoms with Gasteiger partial charge in [0.1, 0.15) is 29.1 Å². The van der Waals surface area contributed by atoms with Gasteiger partial charge >= 0.3 is 0 Å². The predicted octanol–water partition coefficient (Wildman–Crippen LogP) is 4.16. The highest BCUT2D eigenvalue weighted by Gasteiger charge is 2.32. The highest BCUT2D eigenvalue weighted by molar-refractivity contribution is 5.57. The fraction of sp³-hybridized carbons (Fsp3) is 0.273. The number of phenolic OH excluding ortho intramolecular Hbond substituents is 1. The Morgan fingerprint density at radius 1 is 1.21 bits per heavy atom. The highest BCUT2D eigenvalue weighted by Crippen LogP contribution is 2.46. The minimum atomic E-state index is -0.209. The minimum Gasteiger partial charge on any atom is -0.508 e. The van der Waals surface area contributed by atoms with Crippen LogP contribution in [0, 0.1) is 5.41 Å². The Morgan fingerprint density at radius 2 is 2.00 bits per heavy atom. The number of aromatic nitrogens is 2. The molecule has 0 aliphatic carbocycles. The molecule has 144 valence electrons. The van der Waals surface area contributed by atoms with Gasteiger partial charge in [-0.1, -0.05) is 31.5 Å². The summed E-state index contributed by atoms with van der Waals surface area (Å²) in [4.78, 5) is 4.49.